The summed E-state index contributed by atoms with van der Waals surface area (Å²) in [5.41, 5.74) is 2.41. The highest BCUT2D eigenvalue weighted by Gasteiger charge is 2.33. The van der Waals surface area contributed by atoms with E-state index in [1.807, 2.05) is 20.8 Å². The van der Waals surface area contributed by atoms with Crippen molar-refractivity contribution in [1.29, 1.82) is 0 Å². The number of nitrogens with zero attached hydrogens (tertiary/aromatic N) is 2. The summed E-state index contributed by atoms with van der Waals surface area (Å²) in [6.07, 6.45) is 0. The SMILES string of the molecule is Cc1ccc(S(=O)(=O)N(CC(=O)N(Cc2ccc(Cl)cc2Cl)[C@H](C)C(=O)NCC(C)C)c2ccc(C)c(Cl)c2)cc1. The molecule has 220 valence electrons. The van der Waals surface area contributed by atoms with E-state index in [2.05, 4.69) is 5.32 Å². The van der Waals surface area contributed by atoms with Crippen molar-refractivity contribution in [3.63, 3.8) is 0 Å². The summed E-state index contributed by atoms with van der Waals surface area (Å²) in [5, 5.41) is 3.94. The zero-order chi connectivity index (χ0) is 30.5. The van der Waals surface area contributed by atoms with Gasteiger partial charge in [-0.25, -0.2) is 8.42 Å². The molecule has 11 heteroatoms. The predicted octanol–water partition coefficient (Wildman–Crippen LogP) is 6.65. The zero-order valence-electron chi connectivity index (χ0n) is 23.6. The van der Waals surface area contributed by atoms with Gasteiger partial charge >= 0.3 is 0 Å². The van der Waals surface area contributed by atoms with Gasteiger partial charge in [0.25, 0.3) is 10.0 Å². The lowest BCUT2D eigenvalue weighted by Crippen LogP contribution is -2.51. The van der Waals surface area contributed by atoms with Crippen LogP contribution in [0.2, 0.25) is 15.1 Å². The summed E-state index contributed by atoms with van der Waals surface area (Å²) >= 11 is 18.9. The summed E-state index contributed by atoms with van der Waals surface area (Å²) in [4.78, 5) is 28.5. The van der Waals surface area contributed by atoms with Gasteiger partial charge in [0.05, 0.1) is 10.6 Å². The molecule has 0 heterocycles. The van der Waals surface area contributed by atoms with E-state index in [0.717, 1.165) is 15.4 Å². The number of hydrogen-bond donors (Lipinski definition) is 1. The Morgan fingerprint density at radius 2 is 1.54 bits per heavy atom. The van der Waals surface area contributed by atoms with Crippen LogP contribution in [0.5, 0.6) is 0 Å². The van der Waals surface area contributed by atoms with E-state index in [-0.39, 0.29) is 29.0 Å². The number of aryl methyl sites for hydroxylation is 2. The van der Waals surface area contributed by atoms with Gasteiger partial charge in [-0.1, -0.05) is 78.5 Å². The molecule has 0 aliphatic heterocycles. The number of halogens is 3. The van der Waals surface area contributed by atoms with Crippen molar-refractivity contribution in [2.24, 2.45) is 5.92 Å². The molecule has 2 amide bonds. The Labute approximate surface area is 257 Å². The fourth-order valence-corrected chi connectivity index (χ4v) is 6.02. The first-order valence-electron chi connectivity index (χ1n) is 13.1. The molecule has 0 aromatic heterocycles. The minimum absolute atomic E-state index is 0.0163. The number of anilines is 1. The quantitative estimate of drug-likeness (QED) is 0.255. The van der Waals surface area contributed by atoms with Gasteiger partial charge in [0.1, 0.15) is 12.6 Å². The number of carbonyl (C=O) groups excluding carboxylic acids is 2. The molecular formula is C30H34Cl3N3O4S. The van der Waals surface area contributed by atoms with E-state index < -0.39 is 28.5 Å². The molecule has 0 fully saturated rings. The maximum absolute atomic E-state index is 14.0. The number of amides is 2. The Bertz CT molecular complexity index is 1510. The largest absolute Gasteiger partial charge is 0.354 e. The van der Waals surface area contributed by atoms with Crippen LogP contribution < -0.4 is 9.62 Å². The summed E-state index contributed by atoms with van der Waals surface area (Å²) < 4.78 is 28.9. The lowest BCUT2D eigenvalue weighted by Gasteiger charge is -2.32. The summed E-state index contributed by atoms with van der Waals surface area (Å²) in [6.45, 7) is 8.96. The summed E-state index contributed by atoms with van der Waals surface area (Å²) in [7, 11) is -4.20. The molecule has 0 spiro atoms. The third kappa shape index (κ3) is 8.38. The molecule has 0 saturated carbocycles. The summed E-state index contributed by atoms with van der Waals surface area (Å²) in [5.74, 6) is -0.776. The molecular weight excluding hydrogens is 605 g/mol. The topological polar surface area (TPSA) is 86.8 Å². The van der Waals surface area contributed by atoms with Crippen LogP contribution in [-0.2, 0) is 26.2 Å². The molecule has 1 N–H and O–H groups in total. The predicted molar refractivity (Wildman–Crippen MR) is 166 cm³/mol. The number of rotatable bonds is 11. The third-order valence-corrected chi connectivity index (χ3v) is 9.32. The Hall–Kier alpha value is -2.78. The lowest BCUT2D eigenvalue weighted by atomic mass is 10.1. The maximum atomic E-state index is 14.0. The minimum atomic E-state index is -4.20. The average Bonchev–Trinajstić information content (AvgIpc) is 2.91. The Morgan fingerprint density at radius 3 is 2.12 bits per heavy atom. The van der Waals surface area contributed by atoms with Crippen LogP contribution in [0.4, 0.5) is 5.69 Å². The van der Waals surface area contributed by atoms with Crippen LogP contribution in [0.15, 0.2) is 65.6 Å². The van der Waals surface area contributed by atoms with Crippen LogP contribution in [0.3, 0.4) is 0 Å². The average molecular weight is 639 g/mol. The van der Waals surface area contributed by atoms with E-state index in [0.29, 0.717) is 27.2 Å². The van der Waals surface area contributed by atoms with E-state index in [4.69, 9.17) is 34.8 Å². The van der Waals surface area contributed by atoms with Gasteiger partial charge in [0.2, 0.25) is 11.8 Å². The van der Waals surface area contributed by atoms with Crippen molar-refractivity contribution < 1.29 is 18.0 Å². The smallest absolute Gasteiger partial charge is 0.264 e. The molecule has 0 aliphatic rings. The molecule has 41 heavy (non-hydrogen) atoms. The van der Waals surface area contributed by atoms with Crippen LogP contribution in [0, 0.1) is 19.8 Å². The van der Waals surface area contributed by atoms with Crippen LogP contribution in [0.25, 0.3) is 0 Å². The first kappa shape index (κ1) is 32.7. The van der Waals surface area contributed by atoms with Gasteiger partial charge in [0.15, 0.2) is 0 Å². The van der Waals surface area contributed by atoms with Gasteiger partial charge in [-0.05, 0) is 74.2 Å². The van der Waals surface area contributed by atoms with Gasteiger partial charge < -0.3 is 10.2 Å². The van der Waals surface area contributed by atoms with Crippen molar-refractivity contribution in [1.82, 2.24) is 10.2 Å². The molecule has 3 aromatic carbocycles. The Kier molecular flexibility index (Phi) is 11.1. The Balaban J connectivity index is 2.06. The van der Waals surface area contributed by atoms with E-state index in [1.165, 1.54) is 23.1 Å². The molecule has 0 saturated heterocycles. The van der Waals surface area contributed by atoms with E-state index in [1.54, 1.807) is 56.3 Å². The van der Waals surface area contributed by atoms with Gasteiger partial charge in [-0.2, -0.15) is 0 Å². The molecule has 0 aliphatic carbocycles. The number of nitrogens with one attached hydrogen (secondary N) is 1. The normalized spacial score (nSPS) is 12.2. The molecule has 7 nitrogen and oxygen atoms in total. The van der Waals surface area contributed by atoms with Crippen LogP contribution in [-0.4, -0.2) is 44.3 Å². The monoisotopic (exact) mass is 637 g/mol. The molecule has 3 rings (SSSR count). The van der Waals surface area contributed by atoms with Crippen molar-refractivity contribution >= 4 is 62.3 Å². The minimum Gasteiger partial charge on any atom is -0.354 e. The van der Waals surface area contributed by atoms with Gasteiger partial charge in [-0.3, -0.25) is 13.9 Å². The van der Waals surface area contributed by atoms with E-state index >= 15 is 0 Å². The van der Waals surface area contributed by atoms with Gasteiger partial charge in [0, 0.05) is 28.2 Å². The highest BCUT2D eigenvalue weighted by Crippen LogP contribution is 2.29. The molecule has 0 radical (unpaired) electrons. The van der Waals surface area contributed by atoms with Crippen LogP contribution >= 0.6 is 34.8 Å². The first-order valence-corrected chi connectivity index (χ1v) is 15.6. The van der Waals surface area contributed by atoms with Crippen molar-refractivity contribution in [3.8, 4) is 0 Å². The molecule has 0 unspecified atom stereocenters. The number of benzene rings is 3. The molecule has 0 bridgehead atoms. The summed E-state index contributed by atoms with van der Waals surface area (Å²) in [6, 6.07) is 15.1. The number of hydrogen-bond acceptors (Lipinski definition) is 4. The van der Waals surface area contributed by atoms with Gasteiger partial charge in [-0.15, -0.1) is 0 Å². The second-order valence-corrected chi connectivity index (χ2v) is 13.4. The highest BCUT2D eigenvalue weighted by atomic mass is 35.5. The zero-order valence-corrected chi connectivity index (χ0v) is 26.7. The number of sulfonamides is 1. The second-order valence-electron chi connectivity index (χ2n) is 10.3. The molecule has 1 atom stereocenters. The van der Waals surface area contributed by atoms with Crippen molar-refractivity contribution in [2.45, 2.75) is 52.1 Å². The third-order valence-electron chi connectivity index (χ3n) is 6.54. The standard InChI is InChI=1S/C30H34Cl3N3O4S/c1-19(2)16-34-30(38)22(5)35(17-23-9-10-24(31)14-28(23)33)29(37)18-36(25-11-8-21(4)27(32)15-25)41(39,40)26-12-6-20(3)7-13-26/h6-15,19,22H,16-18H2,1-5H3,(H,34,38)/t22-/m1/s1. The fourth-order valence-electron chi connectivity index (χ4n) is 3.97. The number of carbonyl (C=O) groups is 2. The molecule has 3 aromatic rings. The highest BCUT2D eigenvalue weighted by molar-refractivity contribution is 7.92. The maximum Gasteiger partial charge on any atom is 0.264 e. The van der Waals surface area contributed by atoms with E-state index in [9.17, 15) is 18.0 Å². The van der Waals surface area contributed by atoms with Crippen LogP contribution in [0.1, 0.15) is 37.5 Å². The Morgan fingerprint density at radius 1 is 0.878 bits per heavy atom. The second kappa shape index (κ2) is 13.9. The fraction of sp³-hybridized carbons (Fsp3) is 0.333. The first-order chi connectivity index (χ1) is 19.2. The van der Waals surface area contributed by atoms with Crippen molar-refractivity contribution in [2.75, 3.05) is 17.4 Å². The lowest BCUT2D eigenvalue weighted by molar-refractivity contribution is -0.139. The van der Waals surface area contributed by atoms with Crippen molar-refractivity contribution in [3.05, 3.63) is 92.4 Å².